The Bertz CT molecular complexity index is 710. The first-order valence-electron chi connectivity index (χ1n) is 8.14. The van der Waals surface area contributed by atoms with Crippen LogP contribution in [0.4, 0.5) is 5.13 Å². The molecule has 1 aromatic heterocycles. The van der Waals surface area contributed by atoms with Crippen LogP contribution in [-0.4, -0.2) is 34.8 Å². The summed E-state index contributed by atoms with van der Waals surface area (Å²) in [6.07, 6.45) is 4.34. The molecule has 0 saturated heterocycles. The number of rotatable bonds is 7. The third-order valence-corrected chi connectivity index (χ3v) is 4.76. The summed E-state index contributed by atoms with van der Waals surface area (Å²) >= 11 is 1.43. The summed E-state index contributed by atoms with van der Waals surface area (Å²) in [6.45, 7) is 2.69. The Kier molecular flexibility index (Phi) is 5.25. The van der Waals surface area contributed by atoms with Gasteiger partial charge in [0, 0.05) is 17.6 Å². The molecule has 2 aromatic rings. The summed E-state index contributed by atoms with van der Waals surface area (Å²) in [4.78, 5) is 31.7. The number of thiazole rings is 1. The number of nitrogens with one attached hydrogen (secondary N) is 1. The Labute approximate surface area is 145 Å². The van der Waals surface area contributed by atoms with Gasteiger partial charge in [-0.15, -0.1) is 11.3 Å². The number of amides is 2. The van der Waals surface area contributed by atoms with Crippen LogP contribution in [0.1, 0.15) is 23.3 Å². The molecule has 0 bridgehead atoms. The average Bonchev–Trinajstić information content (AvgIpc) is 3.28. The van der Waals surface area contributed by atoms with E-state index in [1.165, 1.54) is 11.3 Å². The van der Waals surface area contributed by atoms with Gasteiger partial charge in [0.15, 0.2) is 5.13 Å². The molecule has 1 fully saturated rings. The van der Waals surface area contributed by atoms with Crippen LogP contribution < -0.4 is 5.32 Å². The third-order valence-electron chi connectivity index (χ3n) is 3.93. The highest BCUT2D eigenvalue weighted by molar-refractivity contribution is 7.15. The number of aryl methyl sites for hydroxylation is 1. The summed E-state index contributed by atoms with van der Waals surface area (Å²) in [5.74, 6) is 0.351. The van der Waals surface area contributed by atoms with Crippen molar-refractivity contribution < 1.29 is 9.59 Å². The molecule has 1 saturated carbocycles. The first-order valence-corrected chi connectivity index (χ1v) is 8.96. The lowest BCUT2D eigenvalue weighted by Gasteiger charge is -2.22. The van der Waals surface area contributed by atoms with Gasteiger partial charge in [0.1, 0.15) is 0 Å². The summed E-state index contributed by atoms with van der Waals surface area (Å²) in [5.41, 5.74) is 0.972. The van der Waals surface area contributed by atoms with Crippen molar-refractivity contribution in [2.24, 2.45) is 5.92 Å². The highest BCUT2D eigenvalue weighted by Crippen LogP contribution is 2.30. The van der Waals surface area contributed by atoms with Crippen molar-refractivity contribution in [2.45, 2.75) is 26.2 Å². The fourth-order valence-electron chi connectivity index (χ4n) is 2.49. The minimum Gasteiger partial charge on any atom is -0.333 e. The number of hydrogen-bond acceptors (Lipinski definition) is 4. The largest absolute Gasteiger partial charge is 0.333 e. The number of carbonyl (C=O) groups excluding carboxylic acids is 2. The van der Waals surface area contributed by atoms with Gasteiger partial charge in [0.2, 0.25) is 11.8 Å². The van der Waals surface area contributed by atoms with Crippen molar-refractivity contribution in [1.29, 1.82) is 0 Å². The lowest BCUT2D eigenvalue weighted by Crippen LogP contribution is -2.40. The Morgan fingerprint density at radius 2 is 2.04 bits per heavy atom. The van der Waals surface area contributed by atoms with E-state index in [-0.39, 0.29) is 18.4 Å². The zero-order chi connectivity index (χ0) is 16.9. The summed E-state index contributed by atoms with van der Waals surface area (Å²) in [7, 11) is 0. The standard InChI is InChI=1S/C18H21N3O2S/c1-13-10-19-18(24-13)20-16(22)12-21(11-15-7-8-15)17(23)9-14-5-3-2-4-6-14/h2-6,10,15H,7-9,11-12H2,1H3,(H,19,20,22). The molecule has 1 aliphatic carbocycles. The van der Waals surface area contributed by atoms with Crippen molar-refractivity contribution in [3.8, 4) is 0 Å². The quantitative estimate of drug-likeness (QED) is 0.841. The van der Waals surface area contributed by atoms with Gasteiger partial charge in [0.25, 0.3) is 0 Å². The van der Waals surface area contributed by atoms with E-state index in [4.69, 9.17) is 0 Å². The molecule has 126 valence electrons. The van der Waals surface area contributed by atoms with Gasteiger partial charge >= 0.3 is 0 Å². The van der Waals surface area contributed by atoms with Crippen molar-refractivity contribution in [3.05, 3.63) is 47.0 Å². The minimum atomic E-state index is -0.189. The zero-order valence-electron chi connectivity index (χ0n) is 13.7. The van der Waals surface area contributed by atoms with Crippen LogP contribution in [0.2, 0.25) is 0 Å². The smallest absolute Gasteiger partial charge is 0.245 e. The number of anilines is 1. The van der Waals surface area contributed by atoms with Gasteiger partial charge in [-0.3, -0.25) is 9.59 Å². The fraction of sp³-hybridized carbons (Fsp3) is 0.389. The van der Waals surface area contributed by atoms with Gasteiger partial charge in [-0.1, -0.05) is 30.3 Å². The molecule has 6 heteroatoms. The Morgan fingerprint density at radius 3 is 2.67 bits per heavy atom. The molecule has 1 aliphatic rings. The number of carbonyl (C=O) groups is 2. The SMILES string of the molecule is Cc1cnc(NC(=O)CN(CC2CC2)C(=O)Cc2ccccc2)s1. The second-order valence-corrected chi connectivity index (χ2v) is 7.44. The lowest BCUT2D eigenvalue weighted by molar-refractivity contribution is -0.134. The van der Waals surface area contributed by atoms with E-state index in [9.17, 15) is 9.59 Å². The molecule has 0 aliphatic heterocycles. The van der Waals surface area contributed by atoms with E-state index >= 15 is 0 Å². The van der Waals surface area contributed by atoms with Gasteiger partial charge in [0.05, 0.1) is 13.0 Å². The second kappa shape index (κ2) is 7.57. The van der Waals surface area contributed by atoms with Crippen LogP contribution in [0.5, 0.6) is 0 Å². The monoisotopic (exact) mass is 343 g/mol. The molecule has 24 heavy (non-hydrogen) atoms. The molecule has 0 radical (unpaired) electrons. The summed E-state index contributed by atoms with van der Waals surface area (Å²) in [6, 6.07) is 9.65. The molecular weight excluding hydrogens is 322 g/mol. The van der Waals surface area contributed by atoms with Gasteiger partial charge in [-0.2, -0.15) is 0 Å². The number of hydrogen-bond donors (Lipinski definition) is 1. The van der Waals surface area contributed by atoms with E-state index in [0.29, 0.717) is 24.0 Å². The molecular formula is C18H21N3O2S. The predicted octanol–water partition coefficient (Wildman–Crippen LogP) is 2.87. The van der Waals surface area contributed by atoms with Crippen LogP contribution in [0.25, 0.3) is 0 Å². The molecule has 3 rings (SSSR count). The summed E-state index contributed by atoms with van der Waals surface area (Å²) in [5, 5.41) is 3.36. The van der Waals surface area contributed by atoms with E-state index in [1.807, 2.05) is 37.3 Å². The van der Waals surface area contributed by atoms with E-state index in [2.05, 4.69) is 10.3 Å². The molecule has 0 spiro atoms. The maximum atomic E-state index is 12.6. The predicted molar refractivity (Wildman–Crippen MR) is 94.9 cm³/mol. The second-order valence-electron chi connectivity index (χ2n) is 6.20. The molecule has 1 aromatic carbocycles. The van der Waals surface area contributed by atoms with E-state index in [1.54, 1.807) is 11.1 Å². The number of aromatic nitrogens is 1. The molecule has 0 atom stereocenters. The Hall–Kier alpha value is -2.21. The third kappa shape index (κ3) is 4.89. The molecule has 1 heterocycles. The molecule has 5 nitrogen and oxygen atoms in total. The van der Waals surface area contributed by atoms with Crippen LogP contribution in [0, 0.1) is 12.8 Å². The Balaban J connectivity index is 1.60. The van der Waals surface area contributed by atoms with Crippen molar-refractivity contribution >= 4 is 28.3 Å². The van der Waals surface area contributed by atoms with Crippen molar-refractivity contribution in [3.63, 3.8) is 0 Å². The van der Waals surface area contributed by atoms with Crippen LogP contribution in [0.3, 0.4) is 0 Å². The fourth-order valence-corrected chi connectivity index (χ4v) is 3.17. The zero-order valence-corrected chi connectivity index (χ0v) is 14.5. The highest BCUT2D eigenvalue weighted by atomic mass is 32.1. The molecule has 1 N–H and O–H groups in total. The van der Waals surface area contributed by atoms with E-state index < -0.39 is 0 Å². The minimum absolute atomic E-state index is 0.00132. The van der Waals surface area contributed by atoms with E-state index in [0.717, 1.165) is 23.3 Å². The first kappa shape index (κ1) is 16.6. The number of benzene rings is 1. The van der Waals surface area contributed by atoms with Gasteiger partial charge in [-0.05, 0) is 31.2 Å². The maximum Gasteiger partial charge on any atom is 0.245 e. The average molecular weight is 343 g/mol. The first-order chi connectivity index (χ1) is 11.6. The normalized spacial score (nSPS) is 13.5. The lowest BCUT2D eigenvalue weighted by atomic mass is 10.1. The van der Waals surface area contributed by atoms with Crippen molar-refractivity contribution in [2.75, 3.05) is 18.4 Å². The molecule has 0 unspecified atom stereocenters. The van der Waals surface area contributed by atoms with Crippen LogP contribution in [0.15, 0.2) is 36.5 Å². The van der Waals surface area contributed by atoms with Gasteiger partial charge in [-0.25, -0.2) is 4.98 Å². The summed E-state index contributed by atoms with van der Waals surface area (Å²) < 4.78 is 0. The van der Waals surface area contributed by atoms with Crippen LogP contribution in [-0.2, 0) is 16.0 Å². The number of nitrogens with zero attached hydrogens (tertiary/aromatic N) is 2. The molecule has 2 amide bonds. The Morgan fingerprint density at radius 1 is 1.29 bits per heavy atom. The maximum absolute atomic E-state index is 12.6. The topological polar surface area (TPSA) is 62.3 Å². The van der Waals surface area contributed by atoms with Gasteiger partial charge < -0.3 is 10.2 Å². The highest BCUT2D eigenvalue weighted by Gasteiger charge is 2.28. The van der Waals surface area contributed by atoms with Crippen LogP contribution >= 0.6 is 11.3 Å². The van der Waals surface area contributed by atoms with Crippen molar-refractivity contribution in [1.82, 2.24) is 9.88 Å².